The number of fused-ring (bicyclic) bond motifs is 1. The Labute approximate surface area is 114 Å². The Hall–Kier alpha value is -1.39. The number of hydrogen-bond acceptors (Lipinski definition) is 3. The number of nitrogens with one attached hydrogen (secondary N) is 2. The normalized spacial score (nSPS) is 14.4. The summed E-state index contributed by atoms with van der Waals surface area (Å²) in [6.45, 7) is 7.01. The standard InChI is InChI=1S/C15H23N3O/c1-15(2,10-17-7-3-6-16)12-4-5-13-11(8-12)9-14(19)18-13/h4-5,8,17H,3,6-7,9-10,16H2,1-2H3,(H,18,19). The van der Waals surface area contributed by atoms with E-state index in [0.717, 1.165) is 37.3 Å². The largest absolute Gasteiger partial charge is 0.330 e. The lowest BCUT2D eigenvalue weighted by Crippen LogP contribution is -2.34. The van der Waals surface area contributed by atoms with E-state index in [1.54, 1.807) is 0 Å². The molecule has 1 amide bonds. The minimum atomic E-state index is 0.0509. The minimum absolute atomic E-state index is 0.0509. The first kappa shape index (κ1) is 14.0. The van der Waals surface area contributed by atoms with Crippen molar-refractivity contribution < 1.29 is 4.79 Å². The monoisotopic (exact) mass is 261 g/mol. The van der Waals surface area contributed by atoms with Crippen molar-refractivity contribution in [3.8, 4) is 0 Å². The topological polar surface area (TPSA) is 67.1 Å². The fraction of sp³-hybridized carbons (Fsp3) is 0.533. The van der Waals surface area contributed by atoms with E-state index >= 15 is 0 Å². The first-order chi connectivity index (χ1) is 9.03. The number of nitrogens with two attached hydrogens (primary N) is 1. The highest BCUT2D eigenvalue weighted by Crippen LogP contribution is 2.29. The van der Waals surface area contributed by atoms with Gasteiger partial charge in [0.1, 0.15) is 0 Å². The summed E-state index contributed by atoms with van der Waals surface area (Å²) in [7, 11) is 0. The van der Waals surface area contributed by atoms with E-state index in [1.807, 2.05) is 6.07 Å². The van der Waals surface area contributed by atoms with Crippen molar-refractivity contribution in [2.24, 2.45) is 5.73 Å². The third kappa shape index (κ3) is 3.33. The highest BCUT2D eigenvalue weighted by atomic mass is 16.1. The molecule has 0 saturated heterocycles. The molecule has 0 fully saturated rings. The van der Waals surface area contributed by atoms with Crippen molar-refractivity contribution in [1.29, 1.82) is 0 Å². The number of anilines is 1. The van der Waals surface area contributed by atoms with E-state index in [2.05, 4.69) is 36.6 Å². The summed E-state index contributed by atoms with van der Waals surface area (Å²) < 4.78 is 0. The molecule has 0 spiro atoms. The van der Waals surface area contributed by atoms with Crippen LogP contribution in [0.15, 0.2) is 18.2 Å². The second-order valence-corrected chi connectivity index (χ2v) is 5.80. The van der Waals surface area contributed by atoms with Gasteiger partial charge in [-0.2, -0.15) is 0 Å². The molecule has 0 atom stereocenters. The average molecular weight is 261 g/mol. The van der Waals surface area contributed by atoms with E-state index < -0.39 is 0 Å². The van der Waals surface area contributed by atoms with Crippen LogP contribution in [0, 0.1) is 0 Å². The lowest BCUT2D eigenvalue weighted by atomic mass is 9.83. The predicted octanol–water partition coefficient (Wildman–Crippen LogP) is 1.40. The molecule has 1 aromatic rings. The fourth-order valence-corrected chi connectivity index (χ4v) is 2.38. The lowest BCUT2D eigenvalue weighted by Gasteiger charge is -2.26. The van der Waals surface area contributed by atoms with E-state index in [0.29, 0.717) is 6.42 Å². The quantitative estimate of drug-likeness (QED) is 0.678. The molecule has 1 aliphatic heterocycles. The van der Waals surface area contributed by atoms with Gasteiger partial charge in [0.2, 0.25) is 5.91 Å². The Morgan fingerprint density at radius 2 is 2.21 bits per heavy atom. The number of hydrogen-bond donors (Lipinski definition) is 3. The summed E-state index contributed by atoms with van der Waals surface area (Å²) in [5.74, 6) is 0.0889. The van der Waals surface area contributed by atoms with Gasteiger partial charge in [-0.15, -0.1) is 0 Å². The average Bonchev–Trinajstić information content (AvgIpc) is 2.73. The Balaban J connectivity index is 2.04. The Kier molecular flexibility index (Phi) is 4.22. The van der Waals surface area contributed by atoms with Gasteiger partial charge in [0, 0.05) is 17.6 Å². The summed E-state index contributed by atoms with van der Waals surface area (Å²) in [6, 6.07) is 6.27. The van der Waals surface area contributed by atoms with Crippen LogP contribution in [0.2, 0.25) is 0 Å². The molecule has 19 heavy (non-hydrogen) atoms. The zero-order chi connectivity index (χ0) is 13.9. The molecule has 1 aromatic carbocycles. The summed E-state index contributed by atoms with van der Waals surface area (Å²) in [6.07, 6.45) is 1.50. The minimum Gasteiger partial charge on any atom is -0.330 e. The third-order valence-corrected chi connectivity index (χ3v) is 3.64. The number of carbonyl (C=O) groups is 1. The smallest absolute Gasteiger partial charge is 0.228 e. The van der Waals surface area contributed by atoms with Gasteiger partial charge in [0.25, 0.3) is 0 Å². The molecule has 4 nitrogen and oxygen atoms in total. The number of carbonyl (C=O) groups excluding carboxylic acids is 1. The molecular formula is C15H23N3O. The molecule has 0 unspecified atom stereocenters. The Morgan fingerprint density at radius 1 is 1.42 bits per heavy atom. The zero-order valence-corrected chi connectivity index (χ0v) is 11.8. The van der Waals surface area contributed by atoms with Gasteiger partial charge in [-0.3, -0.25) is 4.79 Å². The maximum atomic E-state index is 11.4. The summed E-state index contributed by atoms with van der Waals surface area (Å²) in [5, 5.41) is 6.31. The van der Waals surface area contributed by atoms with Crippen molar-refractivity contribution in [2.45, 2.75) is 32.1 Å². The van der Waals surface area contributed by atoms with E-state index in [9.17, 15) is 4.79 Å². The van der Waals surface area contributed by atoms with E-state index in [-0.39, 0.29) is 11.3 Å². The molecule has 0 radical (unpaired) electrons. The van der Waals surface area contributed by atoms with E-state index in [4.69, 9.17) is 5.73 Å². The van der Waals surface area contributed by atoms with Crippen LogP contribution in [0.1, 0.15) is 31.4 Å². The second-order valence-electron chi connectivity index (χ2n) is 5.80. The van der Waals surface area contributed by atoms with Gasteiger partial charge in [-0.05, 0) is 36.7 Å². The van der Waals surface area contributed by atoms with Gasteiger partial charge >= 0.3 is 0 Å². The van der Waals surface area contributed by atoms with E-state index in [1.165, 1.54) is 5.56 Å². The van der Waals surface area contributed by atoms with Gasteiger partial charge < -0.3 is 16.4 Å². The number of rotatable bonds is 6. The molecule has 1 aliphatic rings. The van der Waals surface area contributed by atoms with Crippen LogP contribution >= 0.6 is 0 Å². The van der Waals surface area contributed by atoms with Crippen LogP contribution in [0.3, 0.4) is 0 Å². The Bertz CT molecular complexity index is 468. The molecule has 0 aliphatic carbocycles. The molecule has 0 saturated carbocycles. The lowest BCUT2D eigenvalue weighted by molar-refractivity contribution is -0.115. The van der Waals surface area contributed by atoms with Crippen LogP contribution in [-0.4, -0.2) is 25.5 Å². The van der Waals surface area contributed by atoms with Gasteiger partial charge in [-0.25, -0.2) is 0 Å². The van der Waals surface area contributed by atoms with Gasteiger partial charge in [0.05, 0.1) is 6.42 Å². The molecule has 1 heterocycles. The van der Waals surface area contributed by atoms with Crippen molar-refractivity contribution >= 4 is 11.6 Å². The number of benzene rings is 1. The van der Waals surface area contributed by atoms with Crippen LogP contribution in [0.5, 0.6) is 0 Å². The van der Waals surface area contributed by atoms with Crippen molar-refractivity contribution in [3.05, 3.63) is 29.3 Å². The second kappa shape index (κ2) is 5.72. The van der Waals surface area contributed by atoms with Crippen LogP contribution in [0.25, 0.3) is 0 Å². The van der Waals surface area contributed by atoms with Gasteiger partial charge in [0.15, 0.2) is 0 Å². The van der Waals surface area contributed by atoms with Crippen molar-refractivity contribution in [2.75, 3.05) is 25.0 Å². The molecular weight excluding hydrogens is 238 g/mol. The van der Waals surface area contributed by atoms with Crippen LogP contribution in [0.4, 0.5) is 5.69 Å². The first-order valence-corrected chi connectivity index (χ1v) is 6.87. The fourth-order valence-electron chi connectivity index (χ4n) is 2.38. The maximum absolute atomic E-state index is 11.4. The third-order valence-electron chi connectivity index (χ3n) is 3.64. The van der Waals surface area contributed by atoms with Crippen molar-refractivity contribution in [1.82, 2.24) is 5.32 Å². The SMILES string of the molecule is CC(C)(CNCCCN)c1ccc2c(c1)CC(=O)N2. The molecule has 4 N–H and O–H groups in total. The van der Waals surface area contributed by atoms with Crippen molar-refractivity contribution in [3.63, 3.8) is 0 Å². The zero-order valence-electron chi connectivity index (χ0n) is 11.8. The molecule has 104 valence electrons. The number of amides is 1. The summed E-state index contributed by atoms with van der Waals surface area (Å²) in [4.78, 5) is 11.4. The molecule has 0 bridgehead atoms. The molecule has 4 heteroatoms. The molecule has 0 aromatic heterocycles. The van der Waals surface area contributed by atoms with Gasteiger partial charge in [-0.1, -0.05) is 26.0 Å². The summed E-state index contributed by atoms with van der Waals surface area (Å²) >= 11 is 0. The first-order valence-electron chi connectivity index (χ1n) is 6.87. The highest BCUT2D eigenvalue weighted by Gasteiger charge is 2.24. The van der Waals surface area contributed by atoms with Crippen LogP contribution in [-0.2, 0) is 16.6 Å². The summed E-state index contributed by atoms with van der Waals surface area (Å²) in [5.41, 5.74) is 8.87. The predicted molar refractivity (Wildman–Crippen MR) is 78.3 cm³/mol. The highest BCUT2D eigenvalue weighted by molar-refractivity contribution is 5.99. The van der Waals surface area contributed by atoms with Crippen LogP contribution < -0.4 is 16.4 Å². The maximum Gasteiger partial charge on any atom is 0.228 e. The Morgan fingerprint density at radius 3 is 2.95 bits per heavy atom. The molecule has 2 rings (SSSR count).